The Labute approximate surface area is 120 Å². The number of hydrogen-bond acceptors (Lipinski definition) is 2. The smallest absolute Gasteiger partial charge is 0.251 e. The minimum absolute atomic E-state index is 0.0594. The van der Waals surface area contributed by atoms with Gasteiger partial charge < -0.3 is 5.32 Å². The number of halogens is 2. The molecule has 0 atom stereocenters. The summed E-state index contributed by atoms with van der Waals surface area (Å²) in [6.45, 7) is 0.557. The summed E-state index contributed by atoms with van der Waals surface area (Å²) in [6, 6.07) is 9.35. The average molecular weight is 375 g/mol. The quantitative estimate of drug-likeness (QED) is 0.856. The maximum absolute atomic E-state index is 11.8. The Hall–Kier alpha value is -0.650. The first-order valence-corrected chi connectivity index (χ1v) is 7.38. The first-order valence-electron chi connectivity index (χ1n) is 4.92. The van der Waals surface area contributed by atoms with Crippen LogP contribution < -0.4 is 5.32 Å². The summed E-state index contributed by atoms with van der Waals surface area (Å²) >= 11 is 8.35. The van der Waals surface area contributed by atoms with Crippen LogP contribution >= 0.6 is 43.2 Å². The van der Waals surface area contributed by atoms with E-state index < -0.39 is 0 Å². The lowest BCUT2D eigenvalue weighted by Crippen LogP contribution is -2.22. The Bertz CT molecular complexity index is 539. The van der Waals surface area contributed by atoms with Gasteiger partial charge in [-0.05, 0) is 40.2 Å². The third-order valence-corrected chi connectivity index (χ3v) is 4.32. The van der Waals surface area contributed by atoms with Crippen molar-refractivity contribution < 1.29 is 4.79 Å². The molecule has 2 aromatic rings. The van der Waals surface area contributed by atoms with Gasteiger partial charge in [0, 0.05) is 24.8 Å². The zero-order chi connectivity index (χ0) is 12.3. The van der Waals surface area contributed by atoms with Crippen LogP contribution in [0.25, 0.3) is 0 Å². The molecule has 0 saturated carbocycles. The summed E-state index contributed by atoms with van der Waals surface area (Å²) in [5, 5.41) is 4.89. The van der Waals surface area contributed by atoms with Crippen molar-refractivity contribution >= 4 is 49.1 Å². The fourth-order valence-corrected chi connectivity index (χ4v) is 3.14. The highest BCUT2D eigenvalue weighted by Crippen LogP contribution is 2.19. The molecule has 1 aromatic heterocycles. The van der Waals surface area contributed by atoms with E-state index in [2.05, 4.69) is 37.2 Å². The van der Waals surface area contributed by atoms with E-state index in [4.69, 9.17) is 0 Å². The molecule has 0 bridgehead atoms. The van der Waals surface area contributed by atoms with E-state index in [0.717, 1.165) is 13.8 Å². The van der Waals surface area contributed by atoms with Crippen molar-refractivity contribution in [2.24, 2.45) is 0 Å². The highest BCUT2D eigenvalue weighted by atomic mass is 79.9. The minimum atomic E-state index is -0.0594. The lowest BCUT2D eigenvalue weighted by atomic mass is 10.2. The summed E-state index contributed by atoms with van der Waals surface area (Å²) in [4.78, 5) is 13.0. The Morgan fingerprint density at radius 1 is 1.24 bits per heavy atom. The highest BCUT2D eigenvalue weighted by Gasteiger charge is 2.06. The van der Waals surface area contributed by atoms with Gasteiger partial charge in [0.15, 0.2) is 0 Å². The molecule has 5 heteroatoms. The number of benzene rings is 1. The standard InChI is InChI=1S/C12H9Br2NOS/c13-9-3-1-2-8(4-9)12(16)15-6-11-5-10(14)7-17-11/h1-5,7H,6H2,(H,15,16). The summed E-state index contributed by atoms with van der Waals surface area (Å²) < 4.78 is 1.96. The number of hydrogen-bond donors (Lipinski definition) is 1. The lowest BCUT2D eigenvalue weighted by molar-refractivity contribution is 0.0951. The van der Waals surface area contributed by atoms with Gasteiger partial charge in [0.2, 0.25) is 0 Å². The van der Waals surface area contributed by atoms with E-state index in [1.807, 2.05) is 23.6 Å². The van der Waals surface area contributed by atoms with Crippen molar-refractivity contribution in [3.63, 3.8) is 0 Å². The van der Waals surface area contributed by atoms with Crippen LogP contribution in [-0.2, 0) is 6.54 Å². The highest BCUT2D eigenvalue weighted by molar-refractivity contribution is 9.10. The van der Waals surface area contributed by atoms with Crippen LogP contribution in [0.15, 0.2) is 44.7 Å². The lowest BCUT2D eigenvalue weighted by Gasteiger charge is -2.03. The van der Waals surface area contributed by atoms with Gasteiger partial charge in [-0.2, -0.15) is 0 Å². The average Bonchev–Trinajstić information content (AvgIpc) is 2.72. The van der Waals surface area contributed by atoms with Crippen molar-refractivity contribution in [1.82, 2.24) is 5.32 Å². The number of thiophene rings is 1. The molecule has 2 nitrogen and oxygen atoms in total. The van der Waals surface area contributed by atoms with E-state index in [9.17, 15) is 4.79 Å². The minimum Gasteiger partial charge on any atom is -0.347 e. The van der Waals surface area contributed by atoms with Crippen molar-refractivity contribution in [3.05, 3.63) is 55.1 Å². The van der Waals surface area contributed by atoms with Crippen molar-refractivity contribution in [1.29, 1.82) is 0 Å². The molecule has 0 aliphatic heterocycles. The van der Waals surface area contributed by atoms with Gasteiger partial charge in [0.25, 0.3) is 5.91 Å². The third kappa shape index (κ3) is 3.66. The Morgan fingerprint density at radius 2 is 2.06 bits per heavy atom. The monoisotopic (exact) mass is 373 g/mol. The Kier molecular flexibility index (Phi) is 4.36. The van der Waals surface area contributed by atoms with E-state index >= 15 is 0 Å². The van der Waals surface area contributed by atoms with Crippen molar-refractivity contribution in [2.45, 2.75) is 6.54 Å². The van der Waals surface area contributed by atoms with Crippen LogP contribution in [0.1, 0.15) is 15.2 Å². The number of amides is 1. The van der Waals surface area contributed by atoms with Gasteiger partial charge >= 0.3 is 0 Å². The Balaban J connectivity index is 1.98. The van der Waals surface area contributed by atoms with Crippen LogP contribution in [0, 0.1) is 0 Å². The molecule has 1 amide bonds. The largest absolute Gasteiger partial charge is 0.347 e. The van der Waals surface area contributed by atoms with E-state index in [0.29, 0.717) is 12.1 Å². The van der Waals surface area contributed by atoms with E-state index in [-0.39, 0.29) is 5.91 Å². The molecule has 1 aromatic carbocycles. The van der Waals surface area contributed by atoms with Crippen LogP contribution in [0.5, 0.6) is 0 Å². The zero-order valence-electron chi connectivity index (χ0n) is 8.74. The second-order valence-corrected chi connectivity index (χ2v) is 6.25. The molecule has 2 rings (SSSR count). The molecule has 0 radical (unpaired) electrons. The van der Waals surface area contributed by atoms with Crippen molar-refractivity contribution in [3.8, 4) is 0 Å². The predicted molar refractivity (Wildman–Crippen MR) is 77.3 cm³/mol. The molecule has 0 saturated heterocycles. The Morgan fingerprint density at radius 3 is 2.71 bits per heavy atom. The molecule has 0 unspecified atom stereocenters. The van der Waals surface area contributed by atoms with Crippen LogP contribution in [0.4, 0.5) is 0 Å². The van der Waals surface area contributed by atoms with Gasteiger partial charge in [-0.25, -0.2) is 0 Å². The number of rotatable bonds is 3. The van der Waals surface area contributed by atoms with Gasteiger partial charge in [-0.15, -0.1) is 11.3 Å². The van der Waals surface area contributed by atoms with Gasteiger partial charge in [0.1, 0.15) is 0 Å². The second-order valence-electron chi connectivity index (χ2n) is 3.42. The second kappa shape index (κ2) is 5.80. The molecule has 0 fully saturated rings. The van der Waals surface area contributed by atoms with E-state index in [1.54, 1.807) is 23.5 Å². The molecule has 1 N–H and O–H groups in total. The normalized spacial score (nSPS) is 10.2. The summed E-state index contributed by atoms with van der Waals surface area (Å²) in [5.41, 5.74) is 0.662. The molecular weight excluding hydrogens is 366 g/mol. The fourth-order valence-electron chi connectivity index (χ4n) is 1.35. The number of carbonyl (C=O) groups excluding carboxylic acids is 1. The fraction of sp³-hybridized carbons (Fsp3) is 0.0833. The molecular formula is C12H9Br2NOS. The summed E-state index contributed by atoms with van der Waals surface area (Å²) in [6.07, 6.45) is 0. The molecule has 1 heterocycles. The number of carbonyl (C=O) groups is 1. The third-order valence-electron chi connectivity index (χ3n) is 2.13. The van der Waals surface area contributed by atoms with Gasteiger partial charge in [0.05, 0.1) is 6.54 Å². The first kappa shape index (κ1) is 12.8. The van der Waals surface area contributed by atoms with E-state index in [1.165, 1.54) is 0 Å². The van der Waals surface area contributed by atoms with Crippen LogP contribution in [0.2, 0.25) is 0 Å². The maximum Gasteiger partial charge on any atom is 0.251 e. The van der Waals surface area contributed by atoms with Crippen molar-refractivity contribution in [2.75, 3.05) is 0 Å². The zero-order valence-corrected chi connectivity index (χ0v) is 12.7. The topological polar surface area (TPSA) is 29.1 Å². The molecule has 0 spiro atoms. The first-order chi connectivity index (χ1) is 8.15. The van der Waals surface area contributed by atoms with Crippen LogP contribution in [-0.4, -0.2) is 5.91 Å². The molecule has 17 heavy (non-hydrogen) atoms. The maximum atomic E-state index is 11.8. The molecule has 0 aliphatic rings. The van der Waals surface area contributed by atoms with Crippen LogP contribution in [0.3, 0.4) is 0 Å². The van der Waals surface area contributed by atoms with Gasteiger partial charge in [-0.3, -0.25) is 4.79 Å². The SMILES string of the molecule is O=C(NCc1cc(Br)cs1)c1cccc(Br)c1. The summed E-state index contributed by atoms with van der Waals surface area (Å²) in [7, 11) is 0. The number of nitrogens with one attached hydrogen (secondary N) is 1. The van der Waals surface area contributed by atoms with Gasteiger partial charge in [-0.1, -0.05) is 22.0 Å². The molecule has 0 aliphatic carbocycles. The predicted octanol–water partition coefficient (Wildman–Crippen LogP) is 4.20. The molecule has 88 valence electrons. The summed E-state index contributed by atoms with van der Waals surface area (Å²) in [5.74, 6) is -0.0594.